The van der Waals surface area contributed by atoms with Crippen LogP contribution >= 0.6 is 0 Å². The topological polar surface area (TPSA) is 88.1 Å². The number of rotatable bonds is 14. The lowest BCUT2D eigenvalue weighted by Crippen LogP contribution is -2.62. The zero-order chi connectivity index (χ0) is 24.9. The number of aldehydes is 1. The molecule has 0 radical (unpaired) electrons. The molecule has 0 spiro atoms. The summed E-state index contributed by atoms with van der Waals surface area (Å²) in [5, 5.41) is 0. The van der Waals surface area contributed by atoms with Gasteiger partial charge in [-0.2, -0.15) is 0 Å². The fourth-order valence-electron chi connectivity index (χ4n) is 4.15. The third-order valence-electron chi connectivity index (χ3n) is 5.95. The summed E-state index contributed by atoms with van der Waals surface area (Å²) in [4.78, 5) is 36.1. The molecule has 0 aromatic carbocycles. The van der Waals surface area contributed by atoms with Gasteiger partial charge in [-0.15, -0.1) is 6.58 Å². The van der Waals surface area contributed by atoms with E-state index in [0.29, 0.717) is 24.7 Å². The van der Waals surface area contributed by atoms with Gasteiger partial charge in [-0.1, -0.05) is 58.6 Å². The van der Waals surface area contributed by atoms with Crippen molar-refractivity contribution in [2.75, 3.05) is 14.2 Å². The number of unbranched alkanes of at least 4 members (excludes halogenated alkanes) is 4. The van der Waals surface area contributed by atoms with Gasteiger partial charge in [-0.05, 0) is 30.9 Å². The second-order valence-electron chi connectivity index (χ2n) is 8.83. The summed E-state index contributed by atoms with van der Waals surface area (Å²) in [5.74, 6) is -2.43. The lowest BCUT2D eigenvalue weighted by Gasteiger charge is -2.52. The second kappa shape index (κ2) is 14.1. The Balaban J connectivity index is 3.39. The van der Waals surface area contributed by atoms with Crippen LogP contribution in [0.5, 0.6) is 0 Å². The van der Waals surface area contributed by atoms with E-state index in [1.807, 2.05) is 13.8 Å². The summed E-state index contributed by atoms with van der Waals surface area (Å²) < 4.78 is 23.1. The van der Waals surface area contributed by atoms with Crippen LogP contribution in [0.3, 0.4) is 0 Å². The van der Waals surface area contributed by atoms with E-state index in [4.69, 9.17) is 18.9 Å². The molecule has 186 valence electrons. The van der Waals surface area contributed by atoms with Crippen molar-refractivity contribution in [3.8, 4) is 0 Å². The van der Waals surface area contributed by atoms with E-state index >= 15 is 0 Å². The Kier molecular flexibility index (Phi) is 12.3. The SMILES string of the molecule is C=CC[C@@H]1CC(=CC(=O)OC)C(OC(=O)CCCCCCC)[C@](OC)(C(C)(C)C=CC=O)O1. The van der Waals surface area contributed by atoms with Crippen LogP contribution in [0.1, 0.15) is 72.1 Å². The molecule has 0 amide bonds. The lowest BCUT2D eigenvalue weighted by molar-refractivity contribution is -0.335. The van der Waals surface area contributed by atoms with E-state index < -0.39 is 29.2 Å². The zero-order valence-electron chi connectivity index (χ0n) is 20.8. The smallest absolute Gasteiger partial charge is 0.330 e. The highest BCUT2D eigenvalue weighted by Gasteiger charge is 2.58. The molecule has 0 aromatic rings. The van der Waals surface area contributed by atoms with E-state index in [1.165, 1.54) is 26.4 Å². The van der Waals surface area contributed by atoms with Crippen molar-refractivity contribution in [2.45, 2.75) is 90.1 Å². The van der Waals surface area contributed by atoms with Crippen LogP contribution < -0.4 is 0 Å². The molecule has 1 unspecified atom stereocenters. The Morgan fingerprint density at radius 3 is 2.48 bits per heavy atom. The first-order valence-electron chi connectivity index (χ1n) is 11.7. The van der Waals surface area contributed by atoms with Crippen LogP contribution in [0.4, 0.5) is 0 Å². The van der Waals surface area contributed by atoms with Gasteiger partial charge in [0.05, 0.1) is 13.2 Å². The second-order valence-corrected chi connectivity index (χ2v) is 8.83. The number of carbonyl (C=O) groups excluding carboxylic acids is 3. The fourth-order valence-corrected chi connectivity index (χ4v) is 4.15. The van der Waals surface area contributed by atoms with Crippen molar-refractivity contribution in [1.29, 1.82) is 0 Å². The lowest BCUT2D eigenvalue weighted by atomic mass is 9.74. The third-order valence-corrected chi connectivity index (χ3v) is 5.95. The number of esters is 2. The minimum atomic E-state index is -1.48. The molecule has 1 aliphatic heterocycles. The fraction of sp³-hybridized carbons (Fsp3) is 0.654. The molecular formula is C26H40O7. The number of carbonyl (C=O) groups is 3. The van der Waals surface area contributed by atoms with Gasteiger partial charge in [-0.3, -0.25) is 9.59 Å². The molecule has 0 saturated carbocycles. The molecule has 0 aliphatic carbocycles. The summed E-state index contributed by atoms with van der Waals surface area (Å²) in [6.07, 6.45) is 11.4. The van der Waals surface area contributed by atoms with Crippen molar-refractivity contribution in [1.82, 2.24) is 0 Å². The molecule has 1 saturated heterocycles. The Labute approximate surface area is 198 Å². The first-order valence-corrected chi connectivity index (χ1v) is 11.7. The van der Waals surface area contributed by atoms with Gasteiger partial charge in [0.2, 0.25) is 5.79 Å². The predicted octanol–water partition coefficient (Wildman–Crippen LogP) is 4.85. The summed E-state index contributed by atoms with van der Waals surface area (Å²) in [6, 6.07) is 0. The maximum atomic E-state index is 12.8. The molecule has 7 nitrogen and oxygen atoms in total. The maximum absolute atomic E-state index is 12.8. The summed E-state index contributed by atoms with van der Waals surface area (Å²) in [5.41, 5.74) is -0.363. The highest BCUT2D eigenvalue weighted by molar-refractivity contribution is 5.83. The molecule has 1 fully saturated rings. The van der Waals surface area contributed by atoms with Crippen molar-refractivity contribution in [3.05, 3.63) is 36.5 Å². The molecule has 1 heterocycles. The van der Waals surface area contributed by atoms with Crippen molar-refractivity contribution >= 4 is 18.2 Å². The van der Waals surface area contributed by atoms with Gasteiger partial charge in [0.15, 0.2) is 6.10 Å². The quantitative estimate of drug-likeness (QED) is 0.119. The molecule has 1 rings (SSSR count). The van der Waals surface area contributed by atoms with Gasteiger partial charge < -0.3 is 18.9 Å². The molecule has 33 heavy (non-hydrogen) atoms. The maximum Gasteiger partial charge on any atom is 0.330 e. The average molecular weight is 465 g/mol. The average Bonchev–Trinajstić information content (AvgIpc) is 2.78. The predicted molar refractivity (Wildman–Crippen MR) is 126 cm³/mol. The molecule has 0 N–H and O–H groups in total. The van der Waals surface area contributed by atoms with Crippen LogP contribution in [-0.2, 0) is 33.3 Å². The monoisotopic (exact) mass is 464 g/mol. The van der Waals surface area contributed by atoms with Crippen LogP contribution in [0.25, 0.3) is 0 Å². The van der Waals surface area contributed by atoms with E-state index in [9.17, 15) is 14.4 Å². The van der Waals surface area contributed by atoms with Gasteiger partial charge >= 0.3 is 11.9 Å². The molecular weight excluding hydrogens is 424 g/mol. The van der Waals surface area contributed by atoms with Crippen LogP contribution in [0.15, 0.2) is 36.5 Å². The number of hydrogen-bond donors (Lipinski definition) is 0. The van der Waals surface area contributed by atoms with Crippen LogP contribution in [0, 0.1) is 5.41 Å². The van der Waals surface area contributed by atoms with Gasteiger partial charge in [0.25, 0.3) is 0 Å². The van der Waals surface area contributed by atoms with Gasteiger partial charge in [0.1, 0.15) is 6.29 Å². The highest BCUT2D eigenvalue weighted by Crippen LogP contribution is 2.48. The molecule has 3 atom stereocenters. The number of allylic oxidation sites excluding steroid dienone is 1. The van der Waals surface area contributed by atoms with E-state index in [2.05, 4.69) is 13.5 Å². The molecule has 0 bridgehead atoms. The standard InChI is InChI=1S/C26H40O7/c1-7-9-10-11-12-15-22(28)32-24-20(19-23(29)30-5)18-21(14-8-2)33-26(24,31-6)25(3,4)16-13-17-27/h8,13,16-17,19,21,24H,2,7,9-12,14-15,18H2,1,3-6H3/t21-,24?,26-/m1/s1. The first-order chi connectivity index (χ1) is 15.7. The van der Waals surface area contributed by atoms with Gasteiger partial charge in [0, 0.05) is 25.0 Å². The summed E-state index contributed by atoms with van der Waals surface area (Å²) in [6.45, 7) is 9.58. The van der Waals surface area contributed by atoms with Crippen molar-refractivity contribution in [3.63, 3.8) is 0 Å². The largest absolute Gasteiger partial charge is 0.466 e. The Bertz CT molecular complexity index is 722. The Hall–Kier alpha value is -2.25. The number of hydrogen-bond acceptors (Lipinski definition) is 7. The van der Waals surface area contributed by atoms with Crippen molar-refractivity contribution < 1.29 is 33.3 Å². The summed E-state index contributed by atoms with van der Waals surface area (Å²) in [7, 11) is 2.76. The van der Waals surface area contributed by atoms with Crippen LogP contribution in [-0.4, -0.2) is 50.4 Å². The van der Waals surface area contributed by atoms with E-state index in [-0.39, 0.29) is 12.5 Å². The zero-order valence-corrected chi connectivity index (χ0v) is 20.8. The molecule has 1 aliphatic rings. The normalized spacial score (nSPS) is 24.6. The Morgan fingerprint density at radius 1 is 1.21 bits per heavy atom. The minimum absolute atomic E-state index is 0.256. The first kappa shape index (κ1) is 28.8. The number of methoxy groups -OCH3 is 2. The van der Waals surface area contributed by atoms with E-state index in [0.717, 1.165) is 32.1 Å². The molecule has 7 heteroatoms. The van der Waals surface area contributed by atoms with Crippen molar-refractivity contribution in [2.24, 2.45) is 5.41 Å². The van der Waals surface area contributed by atoms with Crippen LogP contribution in [0.2, 0.25) is 0 Å². The number of ether oxygens (including phenoxy) is 4. The Morgan fingerprint density at radius 2 is 1.91 bits per heavy atom. The minimum Gasteiger partial charge on any atom is -0.466 e. The molecule has 0 aromatic heterocycles. The summed E-state index contributed by atoms with van der Waals surface area (Å²) >= 11 is 0. The van der Waals surface area contributed by atoms with Gasteiger partial charge in [-0.25, -0.2) is 4.79 Å². The highest BCUT2D eigenvalue weighted by atomic mass is 16.7. The van der Waals surface area contributed by atoms with E-state index in [1.54, 1.807) is 12.2 Å². The third kappa shape index (κ3) is 7.93.